The van der Waals surface area contributed by atoms with Crippen molar-refractivity contribution >= 4 is 11.6 Å². The second kappa shape index (κ2) is 5.36. The number of hydrogen-bond donors (Lipinski definition) is 1. The lowest BCUT2D eigenvalue weighted by Gasteiger charge is -2.05. The van der Waals surface area contributed by atoms with Gasteiger partial charge in [0.15, 0.2) is 0 Å². The summed E-state index contributed by atoms with van der Waals surface area (Å²) in [4.78, 5) is 12.0. The lowest BCUT2D eigenvalue weighted by Crippen LogP contribution is -2.13. The first-order valence-electron chi connectivity index (χ1n) is 5.73. The third-order valence-electron chi connectivity index (χ3n) is 2.66. The zero-order valence-corrected chi connectivity index (χ0v) is 10.2. The second-order valence-corrected chi connectivity index (χ2v) is 3.87. The monoisotopic (exact) mass is 258 g/mol. The van der Waals surface area contributed by atoms with Gasteiger partial charge in [-0.05, 0) is 24.3 Å². The van der Waals surface area contributed by atoms with Crippen molar-refractivity contribution in [2.24, 2.45) is 0 Å². The molecule has 4 nitrogen and oxygen atoms in total. The Balaban J connectivity index is 2.22. The van der Waals surface area contributed by atoms with Crippen molar-refractivity contribution in [3.05, 3.63) is 53.2 Å². The number of amides is 1. The third kappa shape index (κ3) is 2.63. The maximum atomic E-state index is 13.1. The molecule has 0 saturated heterocycles. The summed E-state index contributed by atoms with van der Waals surface area (Å²) in [6.45, 7) is 1.88. The van der Waals surface area contributed by atoms with Crippen LogP contribution in [-0.4, -0.2) is 5.91 Å². The van der Waals surface area contributed by atoms with Crippen LogP contribution in [0.2, 0.25) is 0 Å². The molecule has 96 valence electrons. The average molecular weight is 258 g/mol. The average Bonchev–Trinajstić information content (AvgIpc) is 2.89. The number of carbonyl (C=O) groups excluding carboxylic acids is 1. The van der Waals surface area contributed by atoms with E-state index in [0.29, 0.717) is 23.4 Å². The lowest BCUT2D eigenvalue weighted by molar-refractivity contribution is 0.102. The maximum Gasteiger partial charge on any atom is 0.259 e. The Morgan fingerprint density at radius 1 is 1.47 bits per heavy atom. The van der Waals surface area contributed by atoms with Crippen molar-refractivity contribution in [2.45, 2.75) is 13.3 Å². The number of hydrogen-bond acceptors (Lipinski definition) is 3. The highest BCUT2D eigenvalue weighted by Crippen LogP contribution is 2.17. The lowest BCUT2D eigenvalue weighted by atomic mass is 10.1. The summed E-state index contributed by atoms with van der Waals surface area (Å²) in [5.41, 5.74) is 0.692. The minimum Gasteiger partial charge on any atom is -0.469 e. The van der Waals surface area contributed by atoms with Crippen molar-refractivity contribution in [2.75, 3.05) is 5.32 Å². The van der Waals surface area contributed by atoms with Gasteiger partial charge in [-0.1, -0.05) is 6.92 Å². The van der Waals surface area contributed by atoms with E-state index in [4.69, 9.17) is 9.68 Å². The summed E-state index contributed by atoms with van der Waals surface area (Å²) in [6, 6.07) is 7.13. The molecule has 19 heavy (non-hydrogen) atoms. The minimum atomic E-state index is -0.613. The first kappa shape index (κ1) is 12.8. The van der Waals surface area contributed by atoms with Gasteiger partial charge in [-0.15, -0.1) is 0 Å². The molecule has 2 aromatic rings. The normalized spacial score (nSPS) is 9.95. The van der Waals surface area contributed by atoms with E-state index in [0.717, 1.165) is 6.07 Å². The van der Waals surface area contributed by atoms with Crippen LogP contribution < -0.4 is 5.32 Å². The molecule has 1 amide bonds. The number of benzene rings is 1. The van der Waals surface area contributed by atoms with E-state index in [1.54, 1.807) is 12.1 Å². The van der Waals surface area contributed by atoms with Crippen molar-refractivity contribution < 1.29 is 13.6 Å². The fourth-order valence-electron chi connectivity index (χ4n) is 1.70. The number of carbonyl (C=O) groups is 1. The predicted octanol–water partition coefficient (Wildman–Crippen LogP) is 3.11. The zero-order chi connectivity index (χ0) is 13.8. The van der Waals surface area contributed by atoms with Gasteiger partial charge in [0.2, 0.25) is 0 Å². The predicted molar refractivity (Wildman–Crippen MR) is 67.2 cm³/mol. The van der Waals surface area contributed by atoms with E-state index in [-0.39, 0.29) is 11.5 Å². The fraction of sp³-hybridized carbons (Fsp3) is 0.143. The van der Waals surface area contributed by atoms with Crippen LogP contribution >= 0.6 is 0 Å². The largest absolute Gasteiger partial charge is 0.469 e. The van der Waals surface area contributed by atoms with Gasteiger partial charge in [0.1, 0.15) is 17.6 Å². The maximum absolute atomic E-state index is 13.1. The van der Waals surface area contributed by atoms with Crippen LogP contribution in [0.25, 0.3) is 0 Å². The number of rotatable bonds is 3. The standard InChI is InChI=1S/C14H11FN2O2/c1-2-13-11(5-6-19-13)14(18)17-10-3-4-12(15)9(7-10)8-16/h3-7H,2H2,1H3,(H,17,18). The fourth-order valence-corrected chi connectivity index (χ4v) is 1.70. The zero-order valence-electron chi connectivity index (χ0n) is 10.2. The van der Waals surface area contributed by atoms with E-state index >= 15 is 0 Å². The summed E-state index contributed by atoms with van der Waals surface area (Å²) in [6.07, 6.45) is 2.04. The molecule has 0 aliphatic carbocycles. The molecule has 0 fully saturated rings. The van der Waals surface area contributed by atoms with Crippen LogP contribution in [0, 0.1) is 17.1 Å². The number of nitrogens with zero attached hydrogens (tertiary/aromatic N) is 1. The molecular weight excluding hydrogens is 247 g/mol. The van der Waals surface area contributed by atoms with E-state index in [9.17, 15) is 9.18 Å². The third-order valence-corrected chi connectivity index (χ3v) is 2.66. The van der Waals surface area contributed by atoms with Crippen LogP contribution in [0.3, 0.4) is 0 Å². The van der Waals surface area contributed by atoms with E-state index in [1.807, 2.05) is 6.92 Å². The van der Waals surface area contributed by atoms with Gasteiger partial charge in [-0.25, -0.2) is 4.39 Å². The van der Waals surface area contributed by atoms with Crippen LogP contribution in [-0.2, 0) is 6.42 Å². The highest BCUT2D eigenvalue weighted by molar-refractivity contribution is 6.05. The molecular formula is C14H11FN2O2. The Morgan fingerprint density at radius 2 is 2.26 bits per heavy atom. The van der Waals surface area contributed by atoms with Gasteiger partial charge in [0.25, 0.3) is 5.91 Å². The van der Waals surface area contributed by atoms with Gasteiger partial charge >= 0.3 is 0 Å². The molecule has 5 heteroatoms. The number of furan rings is 1. The van der Waals surface area contributed by atoms with Gasteiger partial charge < -0.3 is 9.73 Å². The van der Waals surface area contributed by atoms with Crippen molar-refractivity contribution in [3.63, 3.8) is 0 Å². The van der Waals surface area contributed by atoms with Crippen LogP contribution in [0.4, 0.5) is 10.1 Å². The number of aryl methyl sites for hydroxylation is 1. The van der Waals surface area contributed by atoms with Crippen LogP contribution in [0.1, 0.15) is 28.6 Å². The van der Waals surface area contributed by atoms with E-state index < -0.39 is 5.82 Å². The first-order valence-corrected chi connectivity index (χ1v) is 5.73. The van der Waals surface area contributed by atoms with E-state index in [1.165, 1.54) is 18.4 Å². The Morgan fingerprint density at radius 3 is 2.95 bits per heavy atom. The Bertz CT molecular complexity index is 656. The summed E-state index contributed by atoms with van der Waals surface area (Å²) < 4.78 is 18.3. The number of nitrogens with one attached hydrogen (secondary N) is 1. The number of anilines is 1. The molecule has 0 radical (unpaired) electrons. The van der Waals surface area contributed by atoms with Gasteiger partial charge in [0.05, 0.1) is 17.4 Å². The number of halogens is 1. The molecule has 0 bridgehead atoms. The minimum absolute atomic E-state index is 0.110. The smallest absolute Gasteiger partial charge is 0.259 e. The molecule has 0 aliphatic rings. The molecule has 0 aliphatic heterocycles. The van der Waals surface area contributed by atoms with E-state index in [2.05, 4.69) is 5.32 Å². The Labute approximate surface area is 109 Å². The van der Waals surface area contributed by atoms with Crippen LogP contribution in [0.5, 0.6) is 0 Å². The van der Waals surface area contributed by atoms with Gasteiger partial charge in [-0.3, -0.25) is 4.79 Å². The molecule has 0 atom stereocenters. The quantitative estimate of drug-likeness (QED) is 0.919. The topological polar surface area (TPSA) is 66.0 Å². The van der Waals surface area contributed by atoms with Crippen molar-refractivity contribution in [1.29, 1.82) is 5.26 Å². The summed E-state index contributed by atoms with van der Waals surface area (Å²) >= 11 is 0. The molecule has 0 spiro atoms. The molecule has 1 aromatic heterocycles. The molecule has 0 unspecified atom stereocenters. The molecule has 0 saturated carbocycles. The first-order chi connectivity index (χ1) is 9.15. The van der Waals surface area contributed by atoms with Gasteiger partial charge in [-0.2, -0.15) is 5.26 Å². The van der Waals surface area contributed by atoms with Crippen LogP contribution in [0.15, 0.2) is 34.9 Å². The molecule has 2 rings (SSSR count). The highest BCUT2D eigenvalue weighted by atomic mass is 19.1. The SMILES string of the molecule is CCc1occc1C(=O)Nc1ccc(F)c(C#N)c1. The summed E-state index contributed by atoms with van der Waals surface area (Å²) in [7, 11) is 0. The van der Waals surface area contributed by atoms with Gasteiger partial charge in [0, 0.05) is 12.1 Å². The molecule has 1 heterocycles. The van der Waals surface area contributed by atoms with Crippen molar-refractivity contribution in [3.8, 4) is 6.07 Å². The molecule has 1 aromatic carbocycles. The number of nitriles is 1. The summed E-state index contributed by atoms with van der Waals surface area (Å²) in [5, 5.41) is 11.3. The van der Waals surface area contributed by atoms with Crippen molar-refractivity contribution in [1.82, 2.24) is 0 Å². The Hall–Kier alpha value is -2.61. The second-order valence-electron chi connectivity index (χ2n) is 3.87. The molecule has 1 N–H and O–H groups in total. The summed E-state index contributed by atoms with van der Waals surface area (Å²) in [5.74, 6) is -0.376. The highest BCUT2D eigenvalue weighted by Gasteiger charge is 2.14. The Kier molecular flexibility index (Phi) is 3.62.